The maximum Gasteiger partial charge on any atom is 0.410 e. The van der Waals surface area contributed by atoms with Gasteiger partial charge in [-0.05, 0) is 116 Å². The molecular weight excluding hydrogens is 860 g/mol. The average Bonchev–Trinajstić information content (AvgIpc) is 3.25. The average molecular weight is 924 g/mol. The van der Waals surface area contributed by atoms with Crippen molar-refractivity contribution in [2.75, 3.05) is 62.2 Å². The molecule has 64 heavy (non-hydrogen) atoms. The van der Waals surface area contributed by atoms with Crippen molar-refractivity contribution in [3.8, 4) is 0 Å². The third-order valence-corrected chi connectivity index (χ3v) is 14.2. The second-order valence-electron chi connectivity index (χ2n) is 19.4. The second-order valence-corrected chi connectivity index (χ2v) is 22.5. The normalized spacial score (nSPS) is 15.0. The molecule has 6 aromatic rings. The molecule has 2 fully saturated rings. The number of benzene rings is 4. The monoisotopic (exact) mass is 922 g/mol. The Labute approximate surface area is 390 Å². The van der Waals surface area contributed by atoms with E-state index in [1.165, 1.54) is 21.0 Å². The molecule has 1 N–H and O–H groups in total. The first-order valence-corrected chi connectivity index (χ1v) is 24.2. The highest BCUT2D eigenvalue weighted by molar-refractivity contribution is 7.99. The number of sulfone groups is 1. The van der Waals surface area contributed by atoms with Crippen LogP contribution in [0.3, 0.4) is 0 Å². The van der Waals surface area contributed by atoms with E-state index in [0.29, 0.717) is 22.9 Å². The molecular formula is C51H63ClN6O4S2. The number of carbonyl (C=O) groups excluding carboxylic acids is 1. The number of aromatic nitrogens is 2. The Bertz CT molecular complexity index is 2660. The number of nitrogens with zero attached hydrogens (tertiary/aromatic N) is 5. The number of ether oxygens (including phenoxy) is 1. The third-order valence-electron chi connectivity index (χ3n) is 11.4. The van der Waals surface area contributed by atoms with Crippen molar-refractivity contribution in [1.82, 2.24) is 20.2 Å². The van der Waals surface area contributed by atoms with E-state index in [9.17, 15) is 13.2 Å². The molecule has 0 aliphatic carbocycles. The summed E-state index contributed by atoms with van der Waals surface area (Å²) < 4.78 is 32.1. The Morgan fingerprint density at radius 1 is 0.594 bits per heavy atom. The second kappa shape index (κ2) is 19.7. The lowest BCUT2D eigenvalue weighted by atomic mass is 9.87. The fraction of sp³-hybridized carbons (Fsp3) is 0.392. The first-order valence-electron chi connectivity index (χ1n) is 21.9. The van der Waals surface area contributed by atoms with E-state index in [1.807, 2.05) is 45.2 Å². The minimum absolute atomic E-state index is 0. The molecule has 13 heteroatoms. The molecule has 0 atom stereocenters. The maximum absolute atomic E-state index is 13.3. The Morgan fingerprint density at radius 2 is 1.06 bits per heavy atom. The largest absolute Gasteiger partial charge is 0.444 e. The van der Waals surface area contributed by atoms with Gasteiger partial charge in [0.05, 0.1) is 20.8 Å². The molecule has 0 unspecified atom stereocenters. The van der Waals surface area contributed by atoms with E-state index in [-0.39, 0.29) is 29.3 Å². The number of rotatable bonds is 6. The first-order chi connectivity index (χ1) is 29.8. The van der Waals surface area contributed by atoms with Crippen LogP contribution in [0.4, 0.5) is 16.2 Å². The van der Waals surface area contributed by atoms with Crippen molar-refractivity contribution in [3.05, 3.63) is 121 Å². The Morgan fingerprint density at radius 3 is 1.59 bits per heavy atom. The summed E-state index contributed by atoms with van der Waals surface area (Å²) in [5, 5.41) is 5.37. The number of piperazine rings is 2. The molecule has 2 aromatic heterocycles. The summed E-state index contributed by atoms with van der Waals surface area (Å²) in [6.07, 6.45) is 3.43. The van der Waals surface area contributed by atoms with Gasteiger partial charge in [-0.1, -0.05) is 77.6 Å². The van der Waals surface area contributed by atoms with Crippen molar-refractivity contribution in [3.63, 3.8) is 0 Å². The smallest absolute Gasteiger partial charge is 0.410 e. The third kappa shape index (κ3) is 11.7. The predicted octanol–water partition coefficient (Wildman–Crippen LogP) is 10.9. The number of fused-ring (bicyclic) bond motifs is 2. The van der Waals surface area contributed by atoms with Gasteiger partial charge in [-0.2, -0.15) is 0 Å². The number of hydrogen-bond acceptors (Lipinski definition) is 10. The predicted molar refractivity (Wildman–Crippen MR) is 266 cm³/mol. The fourth-order valence-electron chi connectivity index (χ4n) is 7.80. The summed E-state index contributed by atoms with van der Waals surface area (Å²) in [7, 11) is -3.60. The van der Waals surface area contributed by atoms with E-state index in [0.717, 1.165) is 72.3 Å². The summed E-state index contributed by atoms with van der Waals surface area (Å²) in [4.78, 5) is 30.9. The molecule has 1 amide bonds. The summed E-state index contributed by atoms with van der Waals surface area (Å²) >= 11 is 1.77. The van der Waals surface area contributed by atoms with E-state index in [1.54, 1.807) is 53.2 Å². The highest BCUT2D eigenvalue weighted by atomic mass is 35.5. The van der Waals surface area contributed by atoms with Crippen molar-refractivity contribution in [1.29, 1.82) is 0 Å². The van der Waals surface area contributed by atoms with Crippen LogP contribution in [-0.4, -0.2) is 87.3 Å². The van der Waals surface area contributed by atoms with Crippen molar-refractivity contribution in [2.24, 2.45) is 0 Å². The molecule has 4 heterocycles. The summed E-state index contributed by atoms with van der Waals surface area (Å²) in [5.41, 5.74) is 6.11. The Kier molecular flexibility index (Phi) is 14.9. The lowest BCUT2D eigenvalue weighted by Gasteiger charge is -2.37. The molecule has 2 aliphatic rings. The van der Waals surface area contributed by atoms with Gasteiger partial charge in [0.15, 0.2) is 0 Å². The lowest BCUT2D eigenvalue weighted by molar-refractivity contribution is 0.0240. The van der Waals surface area contributed by atoms with E-state index in [2.05, 4.69) is 115 Å². The number of nitrogens with one attached hydrogen (secondary N) is 1. The summed E-state index contributed by atoms with van der Waals surface area (Å²) in [6, 6.07) is 31.8. The van der Waals surface area contributed by atoms with Crippen LogP contribution in [0.2, 0.25) is 0 Å². The van der Waals surface area contributed by atoms with Crippen LogP contribution < -0.4 is 15.1 Å². The topological polar surface area (TPSA) is 108 Å². The van der Waals surface area contributed by atoms with Crippen LogP contribution in [0.15, 0.2) is 129 Å². The zero-order valence-electron chi connectivity index (χ0n) is 38.6. The van der Waals surface area contributed by atoms with Crippen molar-refractivity contribution < 1.29 is 17.9 Å². The number of carbonyl (C=O) groups is 1. The first kappa shape index (κ1) is 48.6. The maximum atomic E-state index is 13.3. The van der Waals surface area contributed by atoms with E-state index >= 15 is 0 Å². The van der Waals surface area contributed by atoms with Crippen LogP contribution in [0.1, 0.15) is 73.4 Å². The zero-order valence-corrected chi connectivity index (χ0v) is 41.1. The van der Waals surface area contributed by atoms with Gasteiger partial charge in [0.1, 0.15) is 5.60 Å². The van der Waals surface area contributed by atoms with Gasteiger partial charge in [0.2, 0.25) is 9.84 Å². The molecule has 340 valence electrons. The molecule has 10 nitrogen and oxygen atoms in total. The summed E-state index contributed by atoms with van der Waals surface area (Å²) in [6.45, 7) is 25.2. The van der Waals surface area contributed by atoms with Gasteiger partial charge in [-0.25, -0.2) is 13.2 Å². The minimum atomic E-state index is -3.60. The molecule has 4 aromatic carbocycles. The molecule has 0 spiro atoms. The van der Waals surface area contributed by atoms with E-state index in [4.69, 9.17) is 4.74 Å². The highest BCUT2D eigenvalue weighted by Crippen LogP contribution is 2.36. The SMILES string of the molecule is CC(C)(C)OC(=O)N1CCN(c2ccnc3ccc(Sc4ccc(C(C)(C)C)cc4)cc23)CC1.CC(C)(C)c1ccc(S(=O)(=O)c2ccc3nccc(N4CCNCC4)c3c2)cc1.Cl. The quantitative estimate of drug-likeness (QED) is 0.173. The standard InChI is InChI=1S/C28H35N3O2S.C23H27N3O2S.ClH/c1-27(2,3)20-7-9-21(10-8-20)34-22-11-12-24-23(19-22)25(13-14-29-24)30-15-17-31(18-16-30)26(32)33-28(4,5)6;1-23(2,3)17-4-6-18(7-5-17)29(27,28)19-8-9-21-20(16-19)22(10-11-25-21)26-14-12-24-13-15-26;/h7-14,19H,15-18H2,1-6H3;4-11,16,24H,12-15H2,1-3H3;1H. The van der Waals surface area contributed by atoms with Gasteiger partial charge >= 0.3 is 6.09 Å². The molecule has 2 saturated heterocycles. The summed E-state index contributed by atoms with van der Waals surface area (Å²) in [5.74, 6) is 0. The number of pyridine rings is 2. The fourth-order valence-corrected chi connectivity index (χ4v) is 9.94. The minimum Gasteiger partial charge on any atom is -0.444 e. The lowest BCUT2D eigenvalue weighted by Crippen LogP contribution is -2.50. The van der Waals surface area contributed by atoms with Crippen molar-refractivity contribution >= 4 is 73.3 Å². The van der Waals surface area contributed by atoms with Gasteiger partial charge in [0.25, 0.3) is 0 Å². The van der Waals surface area contributed by atoms with Crippen molar-refractivity contribution in [2.45, 2.75) is 98.3 Å². The molecule has 8 rings (SSSR count). The van der Waals surface area contributed by atoms with Crippen LogP contribution >= 0.6 is 24.2 Å². The van der Waals surface area contributed by atoms with Gasteiger partial charge < -0.3 is 24.8 Å². The molecule has 0 bridgehead atoms. The van der Waals surface area contributed by atoms with Gasteiger partial charge in [0, 0.05) is 96.7 Å². The van der Waals surface area contributed by atoms with Crippen LogP contribution in [0.25, 0.3) is 21.8 Å². The van der Waals surface area contributed by atoms with Gasteiger partial charge in [-0.15, -0.1) is 12.4 Å². The Balaban J connectivity index is 0.000000212. The van der Waals surface area contributed by atoms with Crippen LogP contribution in [0.5, 0.6) is 0 Å². The highest BCUT2D eigenvalue weighted by Gasteiger charge is 2.27. The zero-order chi connectivity index (χ0) is 45.2. The van der Waals surface area contributed by atoms with Crippen LogP contribution in [0, 0.1) is 0 Å². The number of halogens is 1. The Hall–Kier alpha value is -4.88. The van der Waals surface area contributed by atoms with E-state index < -0.39 is 15.4 Å². The molecule has 2 aliphatic heterocycles. The number of amides is 1. The number of hydrogen-bond donors (Lipinski definition) is 1. The number of anilines is 2. The molecule has 0 radical (unpaired) electrons. The van der Waals surface area contributed by atoms with Gasteiger partial charge in [-0.3, -0.25) is 9.97 Å². The van der Waals surface area contributed by atoms with Crippen LogP contribution in [-0.2, 0) is 25.4 Å². The molecule has 0 saturated carbocycles.